The standard InChI is InChI=1S/C20H18N2O4/c23-18(13-22-19(24)16-3-1-2-4-17(16)20(22)25)14-5-7-15(8-6-14)21-9-11-26-12-10-21/h1-8H,9-13H2. The molecule has 2 aliphatic rings. The van der Waals surface area contributed by atoms with Crippen LogP contribution in [0.2, 0.25) is 0 Å². The van der Waals surface area contributed by atoms with Gasteiger partial charge >= 0.3 is 0 Å². The highest BCUT2D eigenvalue weighted by Gasteiger charge is 2.36. The van der Waals surface area contributed by atoms with Crippen molar-refractivity contribution in [2.45, 2.75) is 0 Å². The Morgan fingerprint density at radius 1 is 0.885 bits per heavy atom. The fourth-order valence-corrected chi connectivity index (χ4v) is 3.30. The number of fused-ring (bicyclic) bond motifs is 1. The molecule has 2 aromatic carbocycles. The molecule has 1 fully saturated rings. The molecular formula is C20H18N2O4. The molecule has 2 amide bonds. The van der Waals surface area contributed by atoms with Crippen molar-refractivity contribution < 1.29 is 19.1 Å². The third-order valence-corrected chi connectivity index (χ3v) is 4.75. The number of benzene rings is 2. The lowest BCUT2D eigenvalue weighted by atomic mass is 10.1. The summed E-state index contributed by atoms with van der Waals surface area (Å²) >= 11 is 0. The summed E-state index contributed by atoms with van der Waals surface area (Å²) in [5, 5.41) is 0. The predicted molar refractivity (Wildman–Crippen MR) is 95.6 cm³/mol. The number of ketones is 1. The van der Waals surface area contributed by atoms with Gasteiger partial charge in [-0.3, -0.25) is 19.3 Å². The van der Waals surface area contributed by atoms with Crippen molar-refractivity contribution in [2.75, 3.05) is 37.7 Å². The van der Waals surface area contributed by atoms with Gasteiger partial charge in [0.15, 0.2) is 5.78 Å². The minimum absolute atomic E-state index is 0.247. The molecule has 0 unspecified atom stereocenters. The molecule has 0 radical (unpaired) electrons. The Bertz CT molecular complexity index is 835. The first-order valence-electron chi connectivity index (χ1n) is 8.56. The fourth-order valence-electron chi connectivity index (χ4n) is 3.30. The van der Waals surface area contributed by atoms with E-state index in [-0.39, 0.29) is 12.3 Å². The molecule has 26 heavy (non-hydrogen) atoms. The number of anilines is 1. The highest BCUT2D eigenvalue weighted by atomic mass is 16.5. The Morgan fingerprint density at radius 2 is 1.46 bits per heavy atom. The van der Waals surface area contributed by atoms with E-state index >= 15 is 0 Å². The van der Waals surface area contributed by atoms with Crippen molar-refractivity contribution in [1.82, 2.24) is 4.90 Å². The first-order valence-corrected chi connectivity index (χ1v) is 8.56. The number of morpholine rings is 1. The number of Topliss-reactive ketones (excluding diaryl/α,β-unsaturated/α-hetero) is 1. The van der Waals surface area contributed by atoms with Gasteiger partial charge in [-0.2, -0.15) is 0 Å². The highest BCUT2D eigenvalue weighted by molar-refractivity contribution is 6.23. The maximum absolute atomic E-state index is 12.6. The lowest BCUT2D eigenvalue weighted by molar-refractivity contribution is 0.0624. The summed E-state index contributed by atoms with van der Waals surface area (Å²) < 4.78 is 5.34. The summed E-state index contributed by atoms with van der Waals surface area (Å²) in [5.74, 6) is -1.08. The van der Waals surface area contributed by atoms with Crippen LogP contribution in [0, 0.1) is 0 Å². The van der Waals surface area contributed by atoms with Crippen LogP contribution >= 0.6 is 0 Å². The zero-order valence-electron chi connectivity index (χ0n) is 14.2. The topological polar surface area (TPSA) is 66.9 Å². The van der Waals surface area contributed by atoms with Gasteiger partial charge in [-0.05, 0) is 36.4 Å². The number of imide groups is 1. The Labute approximate surface area is 151 Å². The summed E-state index contributed by atoms with van der Waals surface area (Å²) in [6.45, 7) is 2.79. The highest BCUT2D eigenvalue weighted by Crippen LogP contribution is 2.23. The Hall–Kier alpha value is -2.99. The maximum Gasteiger partial charge on any atom is 0.261 e. The molecule has 6 heteroatoms. The normalized spacial score (nSPS) is 16.8. The summed E-state index contributed by atoms with van der Waals surface area (Å²) in [6, 6.07) is 13.9. The molecule has 0 aromatic heterocycles. The van der Waals surface area contributed by atoms with Gasteiger partial charge < -0.3 is 9.64 Å². The lowest BCUT2D eigenvalue weighted by Gasteiger charge is -2.28. The van der Waals surface area contributed by atoms with Crippen LogP contribution in [0.15, 0.2) is 48.5 Å². The van der Waals surface area contributed by atoms with E-state index in [0.29, 0.717) is 29.9 Å². The molecule has 1 saturated heterocycles. The molecule has 0 aliphatic carbocycles. The zero-order valence-corrected chi connectivity index (χ0v) is 14.2. The van der Waals surface area contributed by atoms with Gasteiger partial charge in [-0.1, -0.05) is 12.1 Å². The first-order chi connectivity index (χ1) is 12.6. The number of amides is 2. The van der Waals surface area contributed by atoms with Gasteiger partial charge in [-0.15, -0.1) is 0 Å². The van der Waals surface area contributed by atoms with Gasteiger partial charge in [0.05, 0.1) is 30.9 Å². The smallest absolute Gasteiger partial charge is 0.261 e. The number of ether oxygens (including phenoxy) is 1. The Kier molecular flexibility index (Phi) is 4.26. The van der Waals surface area contributed by atoms with Crippen LogP contribution in [0.5, 0.6) is 0 Å². The molecule has 2 heterocycles. The molecule has 0 saturated carbocycles. The van der Waals surface area contributed by atoms with E-state index in [1.165, 1.54) is 0 Å². The van der Waals surface area contributed by atoms with E-state index in [1.807, 2.05) is 12.1 Å². The number of hydrogen-bond acceptors (Lipinski definition) is 5. The van der Waals surface area contributed by atoms with E-state index in [1.54, 1.807) is 36.4 Å². The molecule has 0 N–H and O–H groups in total. The second-order valence-corrected chi connectivity index (χ2v) is 6.31. The summed E-state index contributed by atoms with van der Waals surface area (Å²) in [6.07, 6.45) is 0. The quantitative estimate of drug-likeness (QED) is 0.623. The van der Waals surface area contributed by atoms with Crippen molar-refractivity contribution in [3.63, 3.8) is 0 Å². The lowest BCUT2D eigenvalue weighted by Crippen LogP contribution is -2.36. The fraction of sp³-hybridized carbons (Fsp3) is 0.250. The van der Waals surface area contributed by atoms with Crippen molar-refractivity contribution in [1.29, 1.82) is 0 Å². The SMILES string of the molecule is O=C(CN1C(=O)c2ccccc2C1=O)c1ccc(N2CCOCC2)cc1. The van der Waals surface area contributed by atoms with Gasteiger partial charge in [0.25, 0.3) is 11.8 Å². The molecule has 2 aliphatic heterocycles. The van der Waals surface area contributed by atoms with Gasteiger partial charge in [0, 0.05) is 24.3 Å². The summed E-state index contributed by atoms with van der Waals surface area (Å²) in [4.78, 5) is 40.5. The second kappa shape index (κ2) is 6.72. The van der Waals surface area contributed by atoms with Crippen LogP contribution < -0.4 is 4.90 Å². The largest absolute Gasteiger partial charge is 0.378 e. The third kappa shape index (κ3) is 2.88. The average molecular weight is 350 g/mol. The molecule has 2 aromatic rings. The van der Waals surface area contributed by atoms with Gasteiger partial charge in [0.1, 0.15) is 0 Å². The van der Waals surface area contributed by atoms with Gasteiger partial charge in [0.2, 0.25) is 0 Å². The first kappa shape index (κ1) is 16.5. The van der Waals surface area contributed by atoms with E-state index in [9.17, 15) is 14.4 Å². The van der Waals surface area contributed by atoms with Gasteiger partial charge in [-0.25, -0.2) is 0 Å². The zero-order chi connectivity index (χ0) is 18.1. The monoisotopic (exact) mass is 350 g/mol. The number of hydrogen-bond donors (Lipinski definition) is 0. The number of carbonyl (C=O) groups excluding carboxylic acids is 3. The van der Waals surface area contributed by atoms with E-state index in [0.717, 1.165) is 23.7 Å². The minimum Gasteiger partial charge on any atom is -0.378 e. The van der Waals surface area contributed by atoms with E-state index in [4.69, 9.17) is 4.74 Å². The van der Waals surface area contributed by atoms with Crippen molar-refractivity contribution >= 4 is 23.3 Å². The van der Waals surface area contributed by atoms with Crippen LogP contribution in [0.25, 0.3) is 0 Å². The van der Waals surface area contributed by atoms with Crippen molar-refractivity contribution in [3.8, 4) is 0 Å². The molecule has 0 atom stereocenters. The average Bonchev–Trinajstić information content (AvgIpc) is 2.94. The molecule has 6 nitrogen and oxygen atoms in total. The number of carbonyl (C=O) groups is 3. The van der Waals surface area contributed by atoms with Crippen molar-refractivity contribution in [3.05, 3.63) is 65.2 Å². The van der Waals surface area contributed by atoms with Crippen LogP contribution in [-0.4, -0.2) is 55.3 Å². The van der Waals surface area contributed by atoms with E-state index < -0.39 is 11.8 Å². The van der Waals surface area contributed by atoms with E-state index in [2.05, 4.69) is 4.90 Å². The Morgan fingerprint density at radius 3 is 2.04 bits per heavy atom. The second-order valence-electron chi connectivity index (χ2n) is 6.31. The molecular weight excluding hydrogens is 332 g/mol. The van der Waals surface area contributed by atoms with Crippen molar-refractivity contribution in [2.24, 2.45) is 0 Å². The maximum atomic E-state index is 12.6. The Balaban J connectivity index is 1.47. The van der Waals surface area contributed by atoms with Crippen LogP contribution in [0.1, 0.15) is 31.1 Å². The number of nitrogens with zero attached hydrogens (tertiary/aromatic N) is 2. The molecule has 132 valence electrons. The molecule has 0 bridgehead atoms. The third-order valence-electron chi connectivity index (χ3n) is 4.75. The summed E-state index contributed by atoms with van der Waals surface area (Å²) in [7, 11) is 0. The minimum atomic E-state index is -0.413. The van der Waals surface area contributed by atoms with Crippen LogP contribution in [0.4, 0.5) is 5.69 Å². The summed E-state index contributed by atoms with van der Waals surface area (Å²) in [5.41, 5.74) is 2.23. The molecule has 4 rings (SSSR count). The predicted octanol–water partition coefficient (Wildman–Crippen LogP) is 2.00. The molecule has 0 spiro atoms. The van der Waals surface area contributed by atoms with Crippen LogP contribution in [0.3, 0.4) is 0 Å². The van der Waals surface area contributed by atoms with Crippen LogP contribution in [-0.2, 0) is 4.74 Å². The number of rotatable bonds is 4.